The van der Waals surface area contributed by atoms with E-state index in [4.69, 9.17) is 13.3 Å². The fraction of sp³-hybridized carbons (Fsp3) is 0. The topological polar surface area (TPSA) is 102 Å². The number of hydrogen-bond acceptors (Lipinski definition) is 5. The van der Waals surface area contributed by atoms with Gasteiger partial charge in [0.15, 0.2) is 0 Å². The number of hydrogen-bond donors (Lipinski definition) is 0. The molecule has 0 N–H and O–H groups in total. The summed E-state index contributed by atoms with van der Waals surface area (Å²) in [6.07, 6.45) is 0. The Morgan fingerprint density at radius 3 is 0.957 bits per heavy atom. The number of aromatic nitrogens is 3. The Morgan fingerprint density at radius 1 is 0.271 bits per heavy atom. The summed E-state index contributed by atoms with van der Waals surface area (Å²) in [5.74, 6) is 0. The van der Waals surface area contributed by atoms with Crippen molar-refractivity contribution in [2.75, 3.05) is 0 Å². The van der Waals surface area contributed by atoms with E-state index in [0.717, 1.165) is 131 Å². The second-order valence-electron chi connectivity index (χ2n) is 18.2. The first-order chi connectivity index (χ1) is 34.6. The van der Waals surface area contributed by atoms with Gasteiger partial charge >= 0.3 is 0 Å². The van der Waals surface area contributed by atoms with E-state index in [0.29, 0.717) is 28.2 Å². The third kappa shape index (κ3) is 4.71. The summed E-state index contributed by atoms with van der Waals surface area (Å²) < 4.78 is 26.0. The predicted octanol–water partition coefficient (Wildman–Crippen LogP) is 16.4. The summed E-state index contributed by atoms with van der Waals surface area (Å²) in [6.45, 7) is 0. The van der Waals surface area contributed by atoms with Gasteiger partial charge in [0.25, 0.3) is 0 Å². The number of para-hydroxylation sites is 6. The summed E-state index contributed by atoms with van der Waals surface area (Å²) in [5.41, 5.74) is 12.5. The molecular formula is C62H31N5O3. The fourth-order valence-electron chi connectivity index (χ4n) is 11.8. The molecule has 6 heterocycles. The van der Waals surface area contributed by atoms with Crippen molar-refractivity contribution >= 4 is 131 Å². The van der Waals surface area contributed by atoms with E-state index in [2.05, 4.69) is 123 Å². The zero-order valence-electron chi connectivity index (χ0n) is 36.9. The van der Waals surface area contributed by atoms with Gasteiger partial charge in [0.05, 0.1) is 50.2 Å². The number of benzene rings is 10. The van der Waals surface area contributed by atoms with E-state index in [1.165, 1.54) is 0 Å². The number of nitriles is 2. The molecule has 6 aromatic heterocycles. The number of fused-ring (bicyclic) bond motifs is 18. The van der Waals surface area contributed by atoms with Gasteiger partial charge in [0.1, 0.15) is 56.8 Å². The zero-order chi connectivity index (χ0) is 45.9. The Bertz CT molecular complexity index is 4890. The molecule has 16 rings (SSSR count). The van der Waals surface area contributed by atoms with Crippen molar-refractivity contribution in [3.05, 3.63) is 199 Å². The molecule has 322 valence electrons. The molecule has 0 radical (unpaired) electrons. The highest BCUT2D eigenvalue weighted by Crippen LogP contribution is 2.46. The number of furan rings is 3. The maximum Gasteiger partial charge on any atom is 0.136 e. The van der Waals surface area contributed by atoms with Gasteiger partial charge in [-0.3, -0.25) is 0 Å². The Kier molecular flexibility index (Phi) is 7.06. The van der Waals surface area contributed by atoms with Gasteiger partial charge in [-0.2, -0.15) is 10.5 Å². The molecule has 70 heavy (non-hydrogen) atoms. The molecule has 0 spiro atoms. The van der Waals surface area contributed by atoms with Crippen LogP contribution in [0.5, 0.6) is 0 Å². The van der Waals surface area contributed by atoms with E-state index in [1.807, 2.05) is 91.0 Å². The second-order valence-corrected chi connectivity index (χ2v) is 18.2. The first-order valence-electron chi connectivity index (χ1n) is 23.2. The summed E-state index contributed by atoms with van der Waals surface area (Å²) in [7, 11) is 0. The maximum absolute atomic E-state index is 12.0. The molecule has 0 saturated carbocycles. The standard InChI is InChI=1S/C62H31N5O3/c63-32-46-54(65-48-19-7-1-13-34(48)40-28-59-43(25-51(40)65)37-16-4-10-22-56(37)68-59)31-55(66-49-20-8-2-14-35(49)41-29-60-44(26-52(41)66)38-17-5-11-23-57(38)69-60)47(33-64)62(46)67-50-21-9-3-15-36(50)42-30-61-45(27-53(42)67)39-18-6-12-24-58(39)70-61/h1-31H. The largest absolute Gasteiger partial charge is 0.456 e. The minimum atomic E-state index is 0.351. The third-order valence-electron chi connectivity index (χ3n) is 14.7. The van der Waals surface area contributed by atoms with Crippen LogP contribution in [-0.4, -0.2) is 13.7 Å². The molecule has 10 aromatic carbocycles. The average molecular weight is 894 g/mol. The van der Waals surface area contributed by atoms with Gasteiger partial charge < -0.3 is 27.0 Å². The average Bonchev–Trinajstić information content (AvgIpc) is 4.25. The van der Waals surface area contributed by atoms with Crippen LogP contribution < -0.4 is 0 Å². The van der Waals surface area contributed by atoms with Crippen molar-refractivity contribution in [3.63, 3.8) is 0 Å². The molecule has 0 saturated heterocycles. The molecule has 0 fully saturated rings. The van der Waals surface area contributed by atoms with Crippen molar-refractivity contribution < 1.29 is 13.3 Å². The first-order valence-corrected chi connectivity index (χ1v) is 23.2. The molecule has 8 nitrogen and oxygen atoms in total. The highest BCUT2D eigenvalue weighted by Gasteiger charge is 2.29. The van der Waals surface area contributed by atoms with E-state index in [-0.39, 0.29) is 0 Å². The molecule has 0 amide bonds. The molecule has 0 aliphatic heterocycles. The Balaban J connectivity index is 1.13. The van der Waals surface area contributed by atoms with Crippen LogP contribution in [0.4, 0.5) is 0 Å². The van der Waals surface area contributed by atoms with Gasteiger partial charge in [-0.15, -0.1) is 0 Å². The lowest BCUT2D eigenvalue weighted by Crippen LogP contribution is -2.11. The Labute approximate surface area is 395 Å². The van der Waals surface area contributed by atoms with Crippen LogP contribution in [0.1, 0.15) is 11.1 Å². The predicted molar refractivity (Wildman–Crippen MR) is 281 cm³/mol. The van der Waals surface area contributed by atoms with E-state index in [1.54, 1.807) is 0 Å². The van der Waals surface area contributed by atoms with Gasteiger partial charge in [0.2, 0.25) is 0 Å². The quantitative estimate of drug-likeness (QED) is 0.176. The van der Waals surface area contributed by atoms with Crippen molar-refractivity contribution in [2.24, 2.45) is 0 Å². The summed E-state index contributed by atoms with van der Waals surface area (Å²) in [5, 5.41) is 35.8. The van der Waals surface area contributed by atoms with Crippen molar-refractivity contribution in [2.45, 2.75) is 0 Å². The summed E-state index contributed by atoms with van der Waals surface area (Å²) >= 11 is 0. The Morgan fingerprint density at radius 2 is 0.586 bits per heavy atom. The van der Waals surface area contributed by atoms with Crippen LogP contribution in [-0.2, 0) is 0 Å². The summed E-state index contributed by atoms with van der Waals surface area (Å²) in [4.78, 5) is 0. The third-order valence-corrected chi connectivity index (χ3v) is 14.7. The van der Waals surface area contributed by atoms with Gasteiger partial charge in [0, 0.05) is 64.6 Å². The smallest absolute Gasteiger partial charge is 0.136 e. The van der Waals surface area contributed by atoms with E-state index < -0.39 is 0 Å². The van der Waals surface area contributed by atoms with E-state index >= 15 is 0 Å². The monoisotopic (exact) mass is 893 g/mol. The molecule has 8 heteroatoms. The highest BCUT2D eigenvalue weighted by atomic mass is 16.3. The molecule has 0 atom stereocenters. The lowest BCUT2D eigenvalue weighted by Gasteiger charge is -2.21. The first kappa shape index (κ1) is 37.1. The molecule has 0 aliphatic rings. The van der Waals surface area contributed by atoms with Gasteiger partial charge in [-0.25, -0.2) is 0 Å². The van der Waals surface area contributed by atoms with Crippen LogP contribution in [0.3, 0.4) is 0 Å². The molecular weight excluding hydrogens is 863 g/mol. The fourth-order valence-corrected chi connectivity index (χ4v) is 11.8. The molecule has 0 bridgehead atoms. The van der Waals surface area contributed by atoms with Crippen LogP contribution in [0, 0.1) is 22.7 Å². The summed E-state index contributed by atoms with van der Waals surface area (Å²) in [6, 6.07) is 69.6. The SMILES string of the molecule is N#Cc1c(-n2c3ccccc3c3cc4oc5ccccc5c4cc32)cc(-n2c3ccccc3c3cc4oc5ccccc5c4cc32)c(C#N)c1-n1c2ccccc2c2cc3oc4ccccc4c3cc21. The minimum absolute atomic E-state index is 0.351. The van der Waals surface area contributed by atoms with Crippen LogP contribution >= 0.6 is 0 Å². The van der Waals surface area contributed by atoms with Gasteiger partial charge in [-0.1, -0.05) is 109 Å². The van der Waals surface area contributed by atoms with Crippen molar-refractivity contribution in [3.8, 4) is 29.2 Å². The van der Waals surface area contributed by atoms with E-state index in [9.17, 15) is 10.5 Å². The lowest BCUT2D eigenvalue weighted by molar-refractivity contribution is 0.669. The van der Waals surface area contributed by atoms with Crippen LogP contribution in [0.2, 0.25) is 0 Å². The Hall–Kier alpha value is -10.0. The molecule has 0 aliphatic carbocycles. The number of rotatable bonds is 3. The molecule has 0 unspecified atom stereocenters. The lowest BCUT2D eigenvalue weighted by atomic mass is 10.0. The molecule has 16 aromatic rings. The van der Waals surface area contributed by atoms with Crippen molar-refractivity contribution in [1.29, 1.82) is 10.5 Å². The van der Waals surface area contributed by atoms with Crippen LogP contribution in [0.15, 0.2) is 201 Å². The highest BCUT2D eigenvalue weighted by molar-refractivity contribution is 6.21. The zero-order valence-corrected chi connectivity index (χ0v) is 36.9. The second kappa shape index (κ2) is 13.3. The normalized spacial score (nSPS) is 12.3. The number of nitrogens with zero attached hydrogens (tertiary/aromatic N) is 5. The maximum atomic E-state index is 12.0. The minimum Gasteiger partial charge on any atom is -0.456 e. The van der Waals surface area contributed by atoms with Gasteiger partial charge in [-0.05, 0) is 78.9 Å². The van der Waals surface area contributed by atoms with Crippen molar-refractivity contribution in [1.82, 2.24) is 13.7 Å². The van der Waals surface area contributed by atoms with Crippen LogP contribution in [0.25, 0.3) is 148 Å².